The monoisotopic (exact) mass is 316 g/mol. The molecule has 1 unspecified atom stereocenters. The van der Waals surface area contributed by atoms with Crippen molar-refractivity contribution in [3.63, 3.8) is 0 Å². The van der Waals surface area contributed by atoms with Crippen molar-refractivity contribution in [2.45, 2.75) is 51.6 Å². The van der Waals surface area contributed by atoms with Crippen LogP contribution in [0.5, 0.6) is 0 Å². The molecular weight excluding hydrogens is 291 g/mol. The Morgan fingerprint density at radius 3 is 2.48 bits per heavy atom. The third-order valence-corrected chi connectivity index (χ3v) is 4.96. The second kappa shape index (κ2) is 7.87. The average molecular weight is 316 g/mol. The summed E-state index contributed by atoms with van der Waals surface area (Å²) in [6, 6.07) is 3.95. The summed E-state index contributed by atoms with van der Waals surface area (Å²) < 4.78 is 40.9. The van der Waals surface area contributed by atoms with Crippen LogP contribution in [0.15, 0.2) is 23.1 Å². The summed E-state index contributed by atoms with van der Waals surface area (Å²) >= 11 is 0. The van der Waals surface area contributed by atoms with E-state index in [1.165, 1.54) is 12.1 Å². The quantitative estimate of drug-likeness (QED) is 0.725. The Kier molecular flexibility index (Phi) is 6.77. The molecule has 0 saturated carbocycles. The van der Waals surface area contributed by atoms with Crippen LogP contribution in [0.3, 0.4) is 0 Å². The molecule has 1 atom stereocenters. The third-order valence-electron chi connectivity index (χ3n) is 3.38. The number of nitrogens with one attached hydrogen (secondary N) is 2. The molecule has 0 radical (unpaired) electrons. The van der Waals surface area contributed by atoms with Crippen LogP contribution in [-0.2, 0) is 16.6 Å². The summed E-state index contributed by atoms with van der Waals surface area (Å²) in [6.45, 7) is 9.00. The van der Waals surface area contributed by atoms with Gasteiger partial charge in [0.2, 0.25) is 10.0 Å². The van der Waals surface area contributed by atoms with E-state index in [1.807, 2.05) is 20.8 Å². The fourth-order valence-electron chi connectivity index (χ4n) is 1.72. The first-order valence-corrected chi connectivity index (χ1v) is 8.77. The Morgan fingerprint density at radius 1 is 1.24 bits per heavy atom. The van der Waals surface area contributed by atoms with Crippen LogP contribution < -0.4 is 10.0 Å². The molecule has 1 aromatic carbocycles. The zero-order valence-electron chi connectivity index (χ0n) is 13.1. The highest BCUT2D eigenvalue weighted by Gasteiger charge is 2.23. The van der Waals surface area contributed by atoms with Gasteiger partial charge in [-0.05, 0) is 43.5 Å². The molecule has 0 spiro atoms. The minimum atomic E-state index is -3.84. The Bertz CT molecular complexity index is 559. The van der Waals surface area contributed by atoms with E-state index in [1.54, 1.807) is 13.0 Å². The minimum Gasteiger partial charge on any atom is -0.313 e. The summed E-state index contributed by atoms with van der Waals surface area (Å²) in [5.41, 5.74) is 0.752. The van der Waals surface area contributed by atoms with Crippen molar-refractivity contribution in [3.8, 4) is 0 Å². The molecule has 0 saturated heterocycles. The van der Waals surface area contributed by atoms with Gasteiger partial charge in [-0.2, -0.15) is 0 Å². The van der Waals surface area contributed by atoms with Crippen LogP contribution in [0.4, 0.5) is 4.39 Å². The molecule has 0 bridgehead atoms. The Hall–Kier alpha value is -0.980. The number of sulfonamides is 1. The van der Waals surface area contributed by atoms with E-state index >= 15 is 0 Å². The Labute approximate surface area is 127 Å². The summed E-state index contributed by atoms with van der Waals surface area (Å²) in [5, 5.41) is 3.17. The number of rotatable bonds is 8. The first-order chi connectivity index (χ1) is 9.77. The number of hydrogen-bond acceptors (Lipinski definition) is 3. The van der Waals surface area contributed by atoms with Gasteiger partial charge in [-0.1, -0.05) is 26.8 Å². The van der Waals surface area contributed by atoms with Crippen molar-refractivity contribution >= 4 is 10.0 Å². The molecule has 2 N–H and O–H groups in total. The number of benzene rings is 1. The van der Waals surface area contributed by atoms with Crippen molar-refractivity contribution in [2.24, 2.45) is 5.92 Å². The lowest BCUT2D eigenvalue weighted by Gasteiger charge is -2.18. The summed E-state index contributed by atoms with van der Waals surface area (Å²) in [7, 11) is -3.84. The van der Waals surface area contributed by atoms with E-state index in [0.29, 0.717) is 6.54 Å². The maximum absolute atomic E-state index is 13.9. The minimum absolute atomic E-state index is 0.136. The molecule has 0 heterocycles. The predicted molar refractivity (Wildman–Crippen MR) is 83.0 cm³/mol. The van der Waals surface area contributed by atoms with Crippen molar-refractivity contribution in [1.29, 1.82) is 0 Å². The lowest BCUT2D eigenvalue weighted by Crippen LogP contribution is -2.36. The number of hydrogen-bond donors (Lipinski definition) is 2. The smallest absolute Gasteiger partial charge is 0.243 e. The van der Waals surface area contributed by atoms with E-state index in [4.69, 9.17) is 0 Å². The molecule has 4 nitrogen and oxygen atoms in total. The van der Waals surface area contributed by atoms with Gasteiger partial charge in [0.05, 0.1) is 0 Å². The van der Waals surface area contributed by atoms with E-state index in [2.05, 4.69) is 10.0 Å². The molecule has 0 aliphatic heterocycles. The highest BCUT2D eigenvalue weighted by molar-refractivity contribution is 7.89. The molecule has 0 aromatic heterocycles. The second-order valence-electron chi connectivity index (χ2n) is 5.60. The van der Waals surface area contributed by atoms with Crippen molar-refractivity contribution in [3.05, 3.63) is 29.6 Å². The van der Waals surface area contributed by atoms with Crippen molar-refractivity contribution in [2.75, 3.05) is 6.54 Å². The molecule has 6 heteroatoms. The first-order valence-electron chi connectivity index (χ1n) is 7.29. The van der Waals surface area contributed by atoms with E-state index in [9.17, 15) is 12.8 Å². The largest absolute Gasteiger partial charge is 0.313 e. The maximum atomic E-state index is 13.9. The summed E-state index contributed by atoms with van der Waals surface area (Å²) in [6.07, 6.45) is 0.986. The lowest BCUT2D eigenvalue weighted by atomic mass is 10.1. The molecular formula is C15H25FN2O2S. The van der Waals surface area contributed by atoms with Gasteiger partial charge < -0.3 is 5.32 Å². The van der Waals surface area contributed by atoms with Gasteiger partial charge in [0.25, 0.3) is 0 Å². The zero-order chi connectivity index (χ0) is 16.0. The molecule has 21 heavy (non-hydrogen) atoms. The highest BCUT2D eigenvalue weighted by atomic mass is 32.2. The highest BCUT2D eigenvalue weighted by Crippen LogP contribution is 2.18. The van der Waals surface area contributed by atoms with Crippen LogP contribution in [0.2, 0.25) is 0 Å². The van der Waals surface area contributed by atoms with Crippen LogP contribution in [0.1, 0.15) is 39.7 Å². The van der Waals surface area contributed by atoms with Crippen molar-refractivity contribution in [1.82, 2.24) is 10.0 Å². The second-order valence-corrected chi connectivity index (χ2v) is 7.28. The van der Waals surface area contributed by atoms with Gasteiger partial charge in [-0.3, -0.25) is 0 Å². The molecule has 0 aliphatic rings. The van der Waals surface area contributed by atoms with Gasteiger partial charge >= 0.3 is 0 Å². The van der Waals surface area contributed by atoms with Crippen LogP contribution in [-0.4, -0.2) is 21.0 Å². The maximum Gasteiger partial charge on any atom is 0.243 e. The van der Waals surface area contributed by atoms with Gasteiger partial charge in [-0.25, -0.2) is 17.5 Å². The van der Waals surface area contributed by atoms with E-state index < -0.39 is 15.8 Å². The molecule has 0 fully saturated rings. The average Bonchev–Trinajstić information content (AvgIpc) is 2.40. The topological polar surface area (TPSA) is 58.2 Å². The predicted octanol–water partition coefficient (Wildman–Crippen LogP) is 2.65. The van der Waals surface area contributed by atoms with Crippen LogP contribution in [0.25, 0.3) is 0 Å². The summed E-state index contributed by atoms with van der Waals surface area (Å²) in [4.78, 5) is -0.286. The Morgan fingerprint density at radius 2 is 1.90 bits per heavy atom. The van der Waals surface area contributed by atoms with Gasteiger partial charge in [0.15, 0.2) is 0 Å². The van der Waals surface area contributed by atoms with Gasteiger partial charge in [0, 0.05) is 12.6 Å². The molecule has 120 valence electrons. The van der Waals surface area contributed by atoms with E-state index in [0.717, 1.165) is 18.5 Å². The normalized spacial score (nSPS) is 13.6. The third kappa shape index (κ3) is 5.37. The standard InChI is InChI=1S/C15H25FN2O2S/c1-5-8-17-10-13-6-7-14(16)15(9-13)21(19,20)18-12(4)11(2)3/h6-7,9,11-12,17-18H,5,8,10H2,1-4H3. The molecule has 1 aromatic rings. The SMILES string of the molecule is CCCNCc1ccc(F)c(S(=O)(=O)NC(C)C(C)C)c1. The van der Waals surface area contributed by atoms with E-state index in [-0.39, 0.29) is 16.9 Å². The van der Waals surface area contributed by atoms with Gasteiger partial charge in [0.1, 0.15) is 10.7 Å². The molecule has 1 rings (SSSR count). The van der Waals surface area contributed by atoms with Crippen LogP contribution in [0, 0.1) is 11.7 Å². The molecule has 0 amide bonds. The first kappa shape index (κ1) is 18.1. The van der Waals surface area contributed by atoms with Crippen LogP contribution >= 0.6 is 0 Å². The lowest BCUT2D eigenvalue weighted by molar-refractivity contribution is 0.473. The Balaban J connectivity index is 2.97. The number of halogens is 1. The summed E-state index contributed by atoms with van der Waals surface area (Å²) in [5.74, 6) is -0.588. The fourth-order valence-corrected chi connectivity index (χ4v) is 3.24. The van der Waals surface area contributed by atoms with Gasteiger partial charge in [-0.15, -0.1) is 0 Å². The van der Waals surface area contributed by atoms with Crippen molar-refractivity contribution < 1.29 is 12.8 Å². The molecule has 0 aliphatic carbocycles. The zero-order valence-corrected chi connectivity index (χ0v) is 13.9. The fraction of sp³-hybridized carbons (Fsp3) is 0.600.